The molecule has 0 aliphatic rings. The number of ether oxygens (including phenoxy) is 1. The molecule has 0 amide bonds. The lowest BCUT2D eigenvalue weighted by Crippen LogP contribution is -2.12. The second-order valence-corrected chi connectivity index (χ2v) is 4.36. The van der Waals surface area contributed by atoms with E-state index in [0.717, 1.165) is 17.2 Å². The fourth-order valence-corrected chi connectivity index (χ4v) is 2.40. The van der Waals surface area contributed by atoms with Gasteiger partial charge in [0.25, 0.3) is 0 Å². The van der Waals surface area contributed by atoms with Gasteiger partial charge in [0.1, 0.15) is 4.88 Å². The van der Waals surface area contributed by atoms with Crippen LogP contribution in [0.3, 0.4) is 0 Å². The number of aromatic nitrogens is 4. The van der Waals surface area contributed by atoms with Crippen LogP contribution in [0.2, 0.25) is 0 Å². The Balaban J connectivity index is 2.48. The van der Waals surface area contributed by atoms with Gasteiger partial charge in [-0.3, -0.25) is 9.48 Å². The maximum absolute atomic E-state index is 12.5. The second kappa shape index (κ2) is 5.26. The third kappa shape index (κ3) is 2.01. The van der Waals surface area contributed by atoms with Crippen LogP contribution >= 0.6 is 11.5 Å². The van der Waals surface area contributed by atoms with Gasteiger partial charge in [-0.25, -0.2) is 0 Å². The number of hydrogen-bond acceptors (Lipinski definition) is 6. The average molecular weight is 266 g/mol. The van der Waals surface area contributed by atoms with Crippen molar-refractivity contribution in [2.24, 2.45) is 0 Å². The molecule has 7 heteroatoms. The Hall–Kier alpha value is -1.76. The summed E-state index contributed by atoms with van der Waals surface area (Å²) in [7, 11) is 1.53. The molecule has 0 aliphatic carbocycles. The summed E-state index contributed by atoms with van der Waals surface area (Å²) in [5.74, 6) is 0.357. The van der Waals surface area contributed by atoms with E-state index in [-0.39, 0.29) is 5.78 Å². The van der Waals surface area contributed by atoms with Crippen LogP contribution in [0.4, 0.5) is 0 Å². The van der Waals surface area contributed by atoms with Crippen molar-refractivity contribution < 1.29 is 9.53 Å². The minimum absolute atomic E-state index is 0.127. The van der Waals surface area contributed by atoms with Crippen molar-refractivity contribution in [1.29, 1.82) is 0 Å². The Morgan fingerprint density at radius 1 is 1.50 bits per heavy atom. The van der Waals surface area contributed by atoms with Crippen LogP contribution in [-0.4, -0.2) is 32.3 Å². The standard InChI is InChI=1S/C11H14N4O2S/c1-4-7-11(18-14-13-7)10(16)9-8(17-3)6-12-15(9)5-2/h6H,4-5H2,1-3H3. The zero-order valence-corrected chi connectivity index (χ0v) is 11.3. The molecule has 96 valence electrons. The minimum Gasteiger partial charge on any atom is -0.493 e. The first-order valence-electron chi connectivity index (χ1n) is 5.68. The molecule has 0 spiro atoms. The van der Waals surface area contributed by atoms with Crippen molar-refractivity contribution in [3.8, 4) is 5.75 Å². The van der Waals surface area contributed by atoms with Crippen LogP contribution in [0.5, 0.6) is 5.75 Å². The molecule has 6 nitrogen and oxygen atoms in total. The van der Waals surface area contributed by atoms with Crippen molar-refractivity contribution in [1.82, 2.24) is 19.4 Å². The van der Waals surface area contributed by atoms with Crippen LogP contribution in [0.15, 0.2) is 6.20 Å². The first-order chi connectivity index (χ1) is 8.72. The van der Waals surface area contributed by atoms with E-state index in [2.05, 4.69) is 14.7 Å². The lowest BCUT2D eigenvalue weighted by molar-refractivity contribution is 0.102. The van der Waals surface area contributed by atoms with Gasteiger partial charge in [-0.15, -0.1) is 5.10 Å². The summed E-state index contributed by atoms with van der Waals surface area (Å²) in [5, 5.41) is 8.08. The van der Waals surface area contributed by atoms with E-state index in [1.54, 1.807) is 10.9 Å². The Bertz CT molecular complexity index is 540. The number of ketones is 1. The number of rotatable bonds is 5. The summed E-state index contributed by atoms with van der Waals surface area (Å²) >= 11 is 1.11. The Morgan fingerprint density at radius 3 is 2.89 bits per heavy atom. The molecule has 2 rings (SSSR count). The van der Waals surface area contributed by atoms with Gasteiger partial charge in [-0.2, -0.15) is 5.10 Å². The van der Waals surface area contributed by atoms with E-state index in [1.807, 2.05) is 13.8 Å². The van der Waals surface area contributed by atoms with Crippen LogP contribution in [0, 0.1) is 0 Å². The molecule has 0 bridgehead atoms. The minimum atomic E-state index is -0.127. The quantitative estimate of drug-likeness (QED) is 0.768. The lowest BCUT2D eigenvalue weighted by Gasteiger charge is -2.05. The summed E-state index contributed by atoms with van der Waals surface area (Å²) in [6.45, 7) is 4.48. The number of methoxy groups -OCH3 is 1. The summed E-state index contributed by atoms with van der Waals surface area (Å²) in [5.41, 5.74) is 1.18. The van der Waals surface area contributed by atoms with Gasteiger partial charge >= 0.3 is 0 Å². The van der Waals surface area contributed by atoms with E-state index in [1.165, 1.54) is 7.11 Å². The predicted octanol–water partition coefficient (Wildman–Crippen LogP) is 1.56. The number of aryl methyl sites for hydroxylation is 2. The molecule has 18 heavy (non-hydrogen) atoms. The summed E-state index contributed by atoms with van der Waals surface area (Å²) in [6, 6.07) is 0. The topological polar surface area (TPSA) is 69.9 Å². The Morgan fingerprint density at radius 2 is 2.28 bits per heavy atom. The van der Waals surface area contributed by atoms with Gasteiger partial charge in [0, 0.05) is 6.54 Å². The fourth-order valence-electron chi connectivity index (χ4n) is 1.71. The lowest BCUT2D eigenvalue weighted by atomic mass is 10.2. The van der Waals surface area contributed by atoms with Crippen LogP contribution in [0.25, 0.3) is 0 Å². The maximum atomic E-state index is 12.5. The highest BCUT2D eigenvalue weighted by Gasteiger charge is 2.24. The highest BCUT2D eigenvalue weighted by Crippen LogP contribution is 2.24. The molecule has 2 heterocycles. The number of carbonyl (C=O) groups excluding carboxylic acids is 1. The molecule has 0 unspecified atom stereocenters. The van der Waals surface area contributed by atoms with Gasteiger partial charge in [-0.05, 0) is 24.9 Å². The molecule has 0 N–H and O–H groups in total. The third-order valence-corrected chi connectivity index (χ3v) is 3.40. The smallest absolute Gasteiger partial charge is 0.228 e. The monoisotopic (exact) mass is 266 g/mol. The molecule has 2 aromatic rings. The van der Waals surface area contributed by atoms with E-state index < -0.39 is 0 Å². The van der Waals surface area contributed by atoms with Gasteiger partial charge in [-0.1, -0.05) is 11.4 Å². The van der Waals surface area contributed by atoms with Crippen LogP contribution in [0.1, 0.15) is 34.9 Å². The van der Waals surface area contributed by atoms with Gasteiger partial charge in [0.15, 0.2) is 11.4 Å². The van der Waals surface area contributed by atoms with Gasteiger partial charge in [0.05, 0.1) is 19.0 Å². The van der Waals surface area contributed by atoms with Crippen molar-refractivity contribution in [3.05, 3.63) is 22.5 Å². The van der Waals surface area contributed by atoms with E-state index >= 15 is 0 Å². The number of carbonyl (C=O) groups is 1. The van der Waals surface area contributed by atoms with Crippen molar-refractivity contribution in [2.75, 3.05) is 7.11 Å². The number of hydrogen-bond donors (Lipinski definition) is 0. The zero-order valence-electron chi connectivity index (χ0n) is 10.5. The molecule has 0 radical (unpaired) electrons. The van der Waals surface area contributed by atoms with Gasteiger partial charge < -0.3 is 4.74 Å². The van der Waals surface area contributed by atoms with E-state index in [4.69, 9.17) is 4.74 Å². The normalized spacial score (nSPS) is 10.6. The van der Waals surface area contributed by atoms with Crippen molar-refractivity contribution in [2.45, 2.75) is 26.8 Å². The average Bonchev–Trinajstić information content (AvgIpc) is 3.03. The van der Waals surface area contributed by atoms with E-state index in [0.29, 0.717) is 29.3 Å². The SMILES string of the molecule is CCc1nnsc1C(=O)c1c(OC)cnn1CC. The fraction of sp³-hybridized carbons (Fsp3) is 0.455. The maximum Gasteiger partial charge on any atom is 0.228 e. The van der Waals surface area contributed by atoms with Crippen molar-refractivity contribution in [3.63, 3.8) is 0 Å². The van der Waals surface area contributed by atoms with Crippen molar-refractivity contribution >= 4 is 17.3 Å². The Kier molecular flexibility index (Phi) is 3.71. The summed E-state index contributed by atoms with van der Waals surface area (Å²) in [6.07, 6.45) is 2.23. The third-order valence-electron chi connectivity index (χ3n) is 2.64. The highest BCUT2D eigenvalue weighted by molar-refractivity contribution is 7.08. The molecular formula is C11H14N4O2S. The number of nitrogens with zero attached hydrogens (tertiary/aromatic N) is 4. The molecule has 2 aromatic heterocycles. The molecule has 0 saturated heterocycles. The largest absolute Gasteiger partial charge is 0.493 e. The van der Waals surface area contributed by atoms with Crippen LogP contribution in [-0.2, 0) is 13.0 Å². The molecule has 0 atom stereocenters. The van der Waals surface area contributed by atoms with E-state index in [9.17, 15) is 4.79 Å². The Labute approximate surface area is 109 Å². The summed E-state index contributed by atoms with van der Waals surface area (Å²) in [4.78, 5) is 13.1. The van der Waals surface area contributed by atoms with Crippen LogP contribution < -0.4 is 4.74 Å². The summed E-state index contributed by atoms with van der Waals surface area (Å²) < 4.78 is 10.6. The molecule has 0 aromatic carbocycles. The second-order valence-electron chi connectivity index (χ2n) is 3.61. The highest BCUT2D eigenvalue weighted by atomic mass is 32.1. The van der Waals surface area contributed by atoms with Gasteiger partial charge in [0.2, 0.25) is 5.78 Å². The zero-order chi connectivity index (χ0) is 13.1. The molecular weight excluding hydrogens is 252 g/mol. The predicted molar refractivity (Wildman–Crippen MR) is 67.2 cm³/mol. The molecule has 0 fully saturated rings. The first kappa shape index (κ1) is 12.7. The molecule has 0 aliphatic heterocycles. The molecule has 0 saturated carbocycles. The first-order valence-corrected chi connectivity index (χ1v) is 6.45.